The molecule has 0 aliphatic rings. The van der Waals surface area contributed by atoms with Gasteiger partial charge in [-0.1, -0.05) is 17.4 Å². The van der Waals surface area contributed by atoms with Gasteiger partial charge in [-0.25, -0.2) is 14.8 Å². The van der Waals surface area contributed by atoms with Crippen molar-refractivity contribution in [3.8, 4) is 0 Å². The lowest BCUT2D eigenvalue weighted by Crippen LogP contribution is -2.01. The largest absolute Gasteiger partial charge is 0.462 e. The van der Waals surface area contributed by atoms with Crippen LogP contribution >= 0.6 is 27.3 Å². The number of carbonyl (C=O) groups is 1. The van der Waals surface area contributed by atoms with Gasteiger partial charge in [-0.05, 0) is 35.0 Å². The Kier molecular flexibility index (Phi) is 4.27. The van der Waals surface area contributed by atoms with Crippen molar-refractivity contribution in [3.05, 3.63) is 33.9 Å². The number of esters is 1. The van der Waals surface area contributed by atoms with Crippen molar-refractivity contribution in [3.63, 3.8) is 0 Å². The number of aromatic nitrogens is 2. The van der Waals surface area contributed by atoms with Gasteiger partial charge in [-0.15, -0.1) is 0 Å². The molecule has 7 heteroatoms. The van der Waals surface area contributed by atoms with E-state index in [0.717, 1.165) is 4.60 Å². The first-order valence-corrected chi connectivity index (χ1v) is 6.82. The first-order chi connectivity index (χ1) is 8.69. The molecule has 94 valence electrons. The van der Waals surface area contributed by atoms with Crippen LogP contribution < -0.4 is 5.32 Å². The molecule has 2 aromatic rings. The zero-order valence-corrected chi connectivity index (χ0v) is 11.9. The van der Waals surface area contributed by atoms with Gasteiger partial charge in [0, 0.05) is 0 Å². The lowest BCUT2D eigenvalue weighted by atomic mass is 10.5. The van der Waals surface area contributed by atoms with Crippen molar-refractivity contribution in [2.45, 2.75) is 6.92 Å². The number of nitrogens with one attached hydrogen (secondary N) is 1. The topological polar surface area (TPSA) is 64.1 Å². The van der Waals surface area contributed by atoms with Crippen molar-refractivity contribution in [1.29, 1.82) is 0 Å². The van der Waals surface area contributed by atoms with E-state index in [4.69, 9.17) is 4.74 Å². The molecule has 0 spiro atoms. The SMILES string of the molecule is CCOC(=O)c1cnc(Nc2cccc(Br)n2)s1. The van der Waals surface area contributed by atoms with Crippen LogP contribution in [-0.2, 0) is 4.74 Å². The zero-order chi connectivity index (χ0) is 13.0. The second-order valence-electron chi connectivity index (χ2n) is 3.22. The van der Waals surface area contributed by atoms with Gasteiger partial charge in [-0.3, -0.25) is 0 Å². The van der Waals surface area contributed by atoms with Crippen LogP contribution in [0.1, 0.15) is 16.6 Å². The van der Waals surface area contributed by atoms with Crippen molar-refractivity contribution >= 4 is 44.2 Å². The molecule has 0 bridgehead atoms. The molecular formula is C11H10BrN3O2S. The standard InChI is InChI=1S/C11H10BrN3O2S/c1-2-17-10(16)7-6-13-11(18-7)15-9-5-3-4-8(12)14-9/h3-6H,2H2,1H3,(H,13,14,15). The number of halogens is 1. The maximum absolute atomic E-state index is 11.5. The Bertz CT molecular complexity index is 559. The second kappa shape index (κ2) is 5.92. The Balaban J connectivity index is 2.09. The molecule has 2 heterocycles. The maximum Gasteiger partial charge on any atom is 0.350 e. The van der Waals surface area contributed by atoms with E-state index < -0.39 is 0 Å². The van der Waals surface area contributed by atoms with E-state index in [0.29, 0.717) is 22.4 Å². The minimum absolute atomic E-state index is 0.354. The first kappa shape index (κ1) is 13.0. The summed E-state index contributed by atoms with van der Waals surface area (Å²) in [4.78, 5) is 20.2. The van der Waals surface area contributed by atoms with Crippen LogP contribution in [0.5, 0.6) is 0 Å². The van der Waals surface area contributed by atoms with E-state index in [9.17, 15) is 4.79 Å². The predicted molar refractivity (Wildman–Crippen MR) is 73.3 cm³/mol. The summed E-state index contributed by atoms with van der Waals surface area (Å²) < 4.78 is 5.62. The molecular weight excluding hydrogens is 318 g/mol. The fourth-order valence-corrected chi connectivity index (χ4v) is 2.28. The molecule has 0 aliphatic carbocycles. The normalized spacial score (nSPS) is 10.1. The van der Waals surface area contributed by atoms with Gasteiger partial charge < -0.3 is 10.1 Å². The van der Waals surface area contributed by atoms with Crippen molar-refractivity contribution in [2.24, 2.45) is 0 Å². The van der Waals surface area contributed by atoms with Gasteiger partial charge in [0.1, 0.15) is 15.3 Å². The van der Waals surface area contributed by atoms with Gasteiger partial charge in [0.15, 0.2) is 5.13 Å². The van der Waals surface area contributed by atoms with Crippen LogP contribution in [-0.4, -0.2) is 22.5 Å². The highest BCUT2D eigenvalue weighted by Crippen LogP contribution is 2.22. The molecule has 0 aromatic carbocycles. The molecule has 18 heavy (non-hydrogen) atoms. The Morgan fingerprint density at radius 2 is 2.39 bits per heavy atom. The van der Waals surface area contributed by atoms with Gasteiger partial charge in [0.05, 0.1) is 12.8 Å². The highest BCUT2D eigenvalue weighted by Gasteiger charge is 2.11. The summed E-state index contributed by atoms with van der Waals surface area (Å²) in [6.45, 7) is 2.12. The smallest absolute Gasteiger partial charge is 0.350 e. The van der Waals surface area contributed by atoms with Crippen LogP contribution in [0.15, 0.2) is 29.0 Å². The van der Waals surface area contributed by atoms with Crippen molar-refractivity contribution < 1.29 is 9.53 Å². The fourth-order valence-electron chi connectivity index (χ4n) is 1.22. The average Bonchev–Trinajstić information content (AvgIpc) is 2.78. The van der Waals surface area contributed by atoms with E-state index >= 15 is 0 Å². The predicted octanol–water partition coefficient (Wildman–Crippen LogP) is 3.22. The molecule has 0 amide bonds. The highest BCUT2D eigenvalue weighted by atomic mass is 79.9. The lowest BCUT2D eigenvalue weighted by molar-refractivity contribution is 0.0532. The number of thiazole rings is 1. The summed E-state index contributed by atoms with van der Waals surface area (Å²) in [5, 5.41) is 3.62. The lowest BCUT2D eigenvalue weighted by Gasteiger charge is -2.00. The third-order valence-corrected chi connectivity index (χ3v) is 3.27. The summed E-state index contributed by atoms with van der Waals surface area (Å²) in [6.07, 6.45) is 1.49. The summed E-state index contributed by atoms with van der Waals surface area (Å²) in [6, 6.07) is 5.51. The third-order valence-electron chi connectivity index (χ3n) is 1.93. The fraction of sp³-hybridized carbons (Fsp3) is 0.182. The van der Waals surface area contributed by atoms with Gasteiger partial charge in [-0.2, -0.15) is 0 Å². The Morgan fingerprint density at radius 3 is 3.11 bits per heavy atom. The number of ether oxygens (including phenoxy) is 1. The van der Waals surface area contributed by atoms with E-state index in [-0.39, 0.29) is 5.97 Å². The third kappa shape index (κ3) is 3.27. The average molecular weight is 328 g/mol. The minimum atomic E-state index is -0.356. The summed E-state index contributed by atoms with van der Waals surface area (Å²) >= 11 is 4.51. The Labute approximate surface area is 116 Å². The van der Waals surface area contributed by atoms with E-state index in [1.165, 1.54) is 17.5 Å². The van der Waals surface area contributed by atoms with Crippen LogP contribution in [0.25, 0.3) is 0 Å². The first-order valence-electron chi connectivity index (χ1n) is 5.21. The molecule has 0 saturated heterocycles. The van der Waals surface area contributed by atoms with Crippen LogP contribution in [0.3, 0.4) is 0 Å². The molecule has 2 aromatic heterocycles. The molecule has 0 unspecified atom stereocenters. The number of carbonyl (C=O) groups excluding carboxylic acids is 1. The summed E-state index contributed by atoms with van der Waals surface area (Å²) in [5.74, 6) is 0.305. The van der Waals surface area contributed by atoms with Gasteiger partial charge in [0.25, 0.3) is 0 Å². The molecule has 0 radical (unpaired) electrons. The number of hydrogen-bond acceptors (Lipinski definition) is 6. The number of hydrogen-bond donors (Lipinski definition) is 1. The van der Waals surface area contributed by atoms with Crippen LogP contribution in [0.4, 0.5) is 10.9 Å². The van der Waals surface area contributed by atoms with E-state index in [1.54, 1.807) is 6.92 Å². The molecule has 0 atom stereocenters. The summed E-state index contributed by atoms with van der Waals surface area (Å²) in [7, 11) is 0. The van der Waals surface area contributed by atoms with Gasteiger partial charge >= 0.3 is 5.97 Å². The Morgan fingerprint density at radius 1 is 1.56 bits per heavy atom. The van der Waals surface area contributed by atoms with Gasteiger partial charge in [0.2, 0.25) is 0 Å². The molecule has 2 rings (SSSR count). The minimum Gasteiger partial charge on any atom is -0.462 e. The number of nitrogens with zero attached hydrogens (tertiary/aromatic N) is 2. The number of anilines is 2. The molecule has 1 N–H and O–H groups in total. The molecule has 0 aliphatic heterocycles. The van der Waals surface area contributed by atoms with Crippen molar-refractivity contribution in [2.75, 3.05) is 11.9 Å². The highest BCUT2D eigenvalue weighted by molar-refractivity contribution is 9.10. The monoisotopic (exact) mass is 327 g/mol. The van der Waals surface area contributed by atoms with Crippen LogP contribution in [0, 0.1) is 0 Å². The van der Waals surface area contributed by atoms with Crippen molar-refractivity contribution in [1.82, 2.24) is 9.97 Å². The molecule has 0 saturated carbocycles. The zero-order valence-electron chi connectivity index (χ0n) is 9.51. The maximum atomic E-state index is 11.5. The quantitative estimate of drug-likeness (QED) is 0.690. The second-order valence-corrected chi connectivity index (χ2v) is 5.06. The van der Waals surface area contributed by atoms with Crippen LogP contribution in [0.2, 0.25) is 0 Å². The Hall–Kier alpha value is -1.47. The van der Waals surface area contributed by atoms with E-state index in [1.807, 2.05) is 18.2 Å². The number of pyridine rings is 1. The van der Waals surface area contributed by atoms with E-state index in [2.05, 4.69) is 31.2 Å². The summed E-state index contributed by atoms with van der Waals surface area (Å²) in [5.41, 5.74) is 0. The molecule has 0 fully saturated rings. The number of rotatable bonds is 4. The molecule has 5 nitrogen and oxygen atoms in total.